The van der Waals surface area contributed by atoms with Crippen LogP contribution in [-0.2, 0) is 5.41 Å². The first-order valence-electron chi connectivity index (χ1n) is 4.59. The zero-order chi connectivity index (χ0) is 9.31. The van der Waals surface area contributed by atoms with Crippen LogP contribution in [0.4, 0.5) is 0 Å². The molecule has 0 aliphatic heterocycles. The van der Waals surface area contributed by atoms with Crippen LogP contribution >= 0.6 is 22.9 Å². The molecular weight excluding hydrogens is 204 g/mol. The van der Waals surface area contributed by atoms with Gasteiger partial charge in [0.05, 0.1) is 0 Å². The first-order chi connectivity index (χ1) is 6.27. The summed E-state index contributed by atoms with van der Waals surface area (Å²) in [5.41, 5.74) is 5.95. The minimum Gasteiger partial charge on any atom is -0.330 e. The summed E-state index contributed by atoms with van der Waals surface area (Å²) in [6.07, 6.45) is 6.81. The van der Waals surface area contributed by atoms with Crippen LogP contribution in [0.5, 0.6) is 0 Å². The predicted octanol–water partition coefficient (Wildman–Crippen LogP) is 2.57. The predicted molar refractivity (Wildman–Crippen MR) is 56.3 cm³/mol. The number of nitrogens with zero attached hydrogens (tertiary/aromatic N) is 1. The van der Waals surface area contributed by atoms with E-state index >= 15 is 0 Å². The lowest BCUT2D eigenvalue weighted by Gasteiger charge is -2.40. The summed E-state index contributed by atoms with van der Waals surface area (Å²) in [4.78, 5) is 5.42. The van der Waals surface area contributed by atoms with Crippen molar-refractivity contribution >= 4 is 22.9 Å². The summed E-state index contributed by atoms with van der Waals surface area (Å²) >= 11 is 7.43. The van der Waals surface area contributed by atoms with Gasteiger partial charge in [-0.25, -0.2) is 4.98 Å². The Kier molecular flexibility index (Phi) is 2.58. The Hall–Kier alpha value is -0.120. The van der Waals surface area contributed by atoms with Gasteiger partial charge < -0.3 is 5.73 Å². The summed E-state index contributed by atoms with van der Waals surface area (Å²) in [7, 11) is 0. The smallest absolute Gasteiger partial charge is 0.183 e. The van der Waals surface area contributed by atoms with Crippen LogP contribution < -0.4 is 5.73 Å². The van der Waals surface area contributed by atoms with Crippen LogP contribution in [0.1, 0.15) is 30.6 Å². The highest BCUT2D eigenvalue weighted by Crippen LogP contribution is 2.48. The molecule has 1 aromatic rings. The average Bonchev–Trinajstić information content (AvgIpc) is 2.44. The second kappa shape index (κ2) is 3.56. The van der Waals surface area contributed by atoms with E-state index in [0.29, 0.717) is 9.88 Å². The molecule has 1 aromatic heterocycles. The minimum atomic E-state index is 0.333. The zero-order valence-corrected chi connectivity index (χ0v) is 9.00. The van der Waals surface area contributed by atoms with Crippen molar-refractivity contribution in [3.05, 3.63) is 15.5 Å². The third kappa shape index (κ3) is 1.60. The van der Waals surface area contributed by atoms with Gasteiger partial charge in [-0.2, -0.15) is 0 Å². The van der Waals surface area contributed by atoms with Gasteiger partial charge >= 0.3 is 0 Å². The number of aromatic nitrogens is 1. The molecule has 4 heteroatoms. The fourth-order valence-corrected chi connectivity index (χ4v) is 3.21. The quantitative estimate of drug-likeness (QED) is 0.844. The van der Waals surface area contributed by atoms with Gasteiger partial charge in [-0.3, -0.25) is 0 Å². The molecule has 72 valence electrons. The van der Waals surface area contributed by atoms with E-state index in [4.69, 9.17) is 17.3 Å². The molecule has 13 heavy (non-hydrogen) atoms. The van der Waals surface area contributed by atoms with E-state index in [1.54, 1.807) is 11.3 Å². The van der Waals surface area contributed by atoms with E-state index < -0.39 is 0 Å². The molecule has 2 nitrogen and oxygen atoms in total. The number of halogens is 1. The van der Waals surface area contributed by atoms with Gasteiger partial charge in [-0.15, -0.1) is 11.3 Å². The van der Waals surface area contributed by atoms with E-state index in [1.807, 2.05) is 6.20 Å². The molecule has 0 spiro atoms. The van der Waals surface area contributed by atoms with Crippen LogP contribution in [0, 0.1) is 0 Å². The zero-order valence-electron chi connectivity index (χ0n) is 7.42. The van der Waals surface area contributed by atoms with E-state index in [9.17, 15) is 0 Å². The highest BCUT2D eigenvalue weighted by molar-refractivity contribution is 7.15. The van der Waals surface area contributed by atoms with Crippen molar-refractivity contribution in [2.75, 3.05) is 6.54 Å². The van der Waals surface area contributed by atoms with Crippen LogP contribution in [0.2, 0.25) is 4.47 Å². The molecule has 1 fully saturated rings. The van der Waals surface area contributed by atoms with Gasteiger partial charge in [-0.05, 0) is 25.8 Å². The summed E-state index contributed by atoms with van der Waals surface area (Å²) in [5, 5.41) is 0. The van der Waals surface area contributed by atoms with E-state index in [0.717, 1.165) is 13.0 Å². The summed E-state index contributed by atoms with van der Waals surface area (Å²) in [5.74, 6) is 0. The molecule has 0 unspecified atom stereocenters. The fourth-order valence-electron chi connectivity index (χ4n) is 2.00. The van der Waals surface area contributed by atoms with Crippen molar-refractivity contribution in [3.8, 4) is 0 Å². The molecule has 0 atom stereocenters. The first-order valence-corrected chi connectivity index (χ1v) is 5.78. The lowest BCUT2D eigenvalue weighted by atomic mass is 9.66. The monoisotopic (exact) mass is 216 g/mol. The summed E-state index contributed by atoms with van der Waals surface area (Å²) in [6, 6.07) is 0. The topological polar surface area (TPSA) is 38.9 Å². The highest BCUT2D eigenvalue weighted by atomic mass is 35.5. The summed E-state index contributed by atoms with van der Waals surface area (Å²) < 4.78 is 0.651. The molecule has 2 N–H and O–H groups in total. The number of nitrogens with two attached hydrogens (primary N) is 1. The van der Waals surface area contributed by atoms with Crippen LogP contribution in [0.25, 0.3) is 0 Å². The van der Waals surface area contributed by atoms with Crippen LogP contribution in [0.3, 0.4) is 0 Å². The van der Waals surface area contributed by atoms with Gasteiger partial charge in [0.2, 0.25) is 0 Å². The van der Waals surface area contributed by atoms with Gasteiger partial charge in [0.25, 0.3) is 0 Å². The third-order valence-corrected chi connectivity index (χ3v) is 4.29. The van der Waals surface area contributed by atoms with Gasteiger partial charge in [0.15, 0.2) is 4.47 Å². The van der Waals surface area contributed by atoms with Crippen molar-refractivity contribution in [3.63, 3.8) is 0 Å². The van der Waals surface area contributed by atoms with Crippen molar-refractivity contribution in [2.24, 2.45) is 5.73 Å². The normalized spacial score (nSPS) is 19.8. The largest absolute Gasteiger partial charge is 0.330 e. The molecule has 1 aliphatic rings. The maximum Gasteiger partial charge on any atom is 0.183 e. The molecule has 0 aromatic carbocycles. The molecule has 0 saturated heterocycles. The second-order valence-corrected chi connectivity index (χ2v) is 5.26. The maximum atomic E-state index is 5.82. The molecule has 0 radical (unpaired) electrons. The summed E-state index contributed by atoms with van der Waals surface area (Å²) in [6.45, 7) is 0.759. The molecule has 2 rings (SSSR count). The Morgan fingerprint density at radius 1 is 1.62 bits per heavy atom. The molecule has 1 saturated carbocycles. The maximum absolute atomic E-state index is 5.82. The third-order valence-electron chi connectivity index (χ3n) is 2.93. The number of thiazole rings is 1. The van der Waals surface area contributed by atoms with Crippen LogP contribution in [-0.4, -0.2) is 11.5 Å². The standard InChI is InChI=1S/C9H13ClN2S/c10-8-12-6-7(13-8)9(4-5-11)2-1-3-9/h6H,1-5,11H2. The van der Waals surface area contributed by atoms with Gasteiger partial charge in [-0.1, -0.05) is 18.0 Å². The van der Waals surface area contributed by atoms with E-state index in [2.05, 4.69) is 4.98 Å². The number of hydrogen-bond acceptors (Lipinski definition) is 3. The van der Waals surface area contributed by atoms with Gasteiger partial charge in [0, 0.05) is 16.5 Å². The molecule has 1 heterocycles. The Bertz CT molecular complexity index is 294. The van der Waals surface area contributed by atoms with E-state index in [-0.39, 0.29) is 0 Å². The average molecular weight is 217 g/mol. The lowest BCUT2D eigenvalue weighted by molar-refractivity contribution is 0.234. The Balaban J connectivity index is 2.21. The Morgan fingerprint density at radius 3 is 2.77 bits per heavy atom. The first kappa shape index (κ1) is 9.44. The number of rotatable bonds is 3. The Morgan fingerprint density at radius 2 is 2.38 bits per heavy atom. The van der Waals surface area contributed by atoms with Crippen molar-refractivity contribution in [1.82, 2.24) is 4.98 Å². The second-order valence-electron chi connectivity index (χ2n) is 3.65. The molecule has 1 aliphatic carbocycles. The Labute approximate surface area is 87.1 Å². The lowest BCUT2D eigenvalue weighted by Crippen LogP contribution is -2.35. The van der Waals surface area contributed by atoms with E-state index in [1.165, 1.54) is 24.1 Å². The SMILES string of the molecule is NCCC1(c2cnc(Cl)s2)CCC1. The number of hydrogen-bond donors (Lipinski definition) is 1. The molecule has 0 amide bonds. The minimum absolute atomic E-state index is 0.333. The van der Waals surface area contributed by atoms with Crippen molar-refractivity contribution in [1.29, 1.82) is 0 Å². The van der Waals surface area contributed by atoms with Crippen molar-refractivity contribution in [2.45, 2.75) is 31.1 Å². The molecule has 0 bridgehead atoms. The highest BCUT2D eigenvalue weighted by Gasteiger charge is 2.39. The van der Waals surface area contributed by atoms with Crippen molar-refractivity contribution < 1.29 is 0 Å². The fraction of sp³-hybridized carbons (Fsp3) is 0.667. The van der Waals surface area contributed by atoms with Crippen LogP contribution in [0.15, 0.2) is 6.20 Å². The van der Waals surface area contributed by atoms with Gasteiger partial charge in [0.1, 0.15) is 0 Å². The molecular formula is C9H13ClN2S.